The van der Waals surface area contributed by atoms with Crippen molar-refractivity contribution in [2.45, 2.75) is 26.1 Å². The van der Waals surface area contributed by atoms with Gasteiger partial charge in [0, 0.05) is 10.6 Å². The molecule has 36 heavy (non-hydrogen) atoms. The van der Waals surface area contributed by atoms with Crippen molar-refractivity contribution in [1.29, 1.82) is 0 Å². The second-order valence-corrected chi connectivity index (χ2v) is 8.85. The van der Waals surface area contributed by atoms with Crippen molar-refractivity contribution in [2.75, 3.05) is 13.2 Å². The highest BCUT2D eigenvalue weighted by atomic mass is 35.5. The van der Waals surface area contributed by atoms with Crippen molar-refractivity contribution in [3.8, 4) is 0 Å². The van der Waals surface area contributed by atoms with Crippen LogP contribution in [0.4, 0.5) is 0 Å². The fourth-order valence-corrected chi connectivity index (χ4v) is 4.93. The molecule has 4 rings (SSSR count). The van der Waals surface area contributed by atoms with Gasteiger partial charge in [-0.2, -0.15) is 0 Å². The van der Waals surface area contributed by atoms with Crippen molar-refractivity contribution >= 4 is 29.3 Å². The highest BCUT2D eigenvalue weighted by Gasteiger charge is 2.70. The van der Waals surface area contributed by atoms with Gasteiger partial charge in [-0.25, -0.2) is 0 Å². The van der Waals surface area contributed by atoms with Gasteiger partial charge in [0.1, 0.15) is 6.10 Å². The lowest BCUT2D eigenvalue weighted by molar-refractivity contribution is -0.178. The predicted molar refractivity (Wildman–Crippen MR) is 134 cm³/mol. The van der Waals surface area contributed by atoms with E-state index in [4.69, 9.17) is 25.8 Å². The van der Waals surface area contributed by atoms with Crippen LogP contribution in [0, 0.1) is 11.3 Å². The molecule has 0 bridgehead atoms. The van der Waals surface area contributed by atoms with Crippen LogP contribution in [-0.4, -0.2) is 30.9 Å². The molecule has 0 N–H and O–H groups in total. The summed E-state index contributed by atoms with van der Waals surface area (Å²) in [4.78, 5) is 41.9. The third-order valence-corrected chi connectivity index (χ3v) is 6.61. The van der Waals surface area contributed by atoms with Crippen LogP contribution in [-0.2, 0) is 23.8 Å². The summed E-state index contributed by atoms with van der Waals surface area (Å²) in [6.45, 7) is 3.32. The lowest BCUT2D eigenvalue weighted by Crippen LogP contribution is -2.51. The molecule has 6 nitrogen and oxygen atoms in total. The Kier molecular flexibility index (Phi) is 7.87. The van der Waals surface area contributed by atoms with Gasteiger partial charge in [-0.15, -0.1) is 0 Å². The number of rotatable bonds is 8. The Balaban J connectivity index is 2.01. The van der Waals surface area contributed by atoms with E-state index in [2.05, 4.69) is 0 Å². The Morgan fingerprint density at radius 2 is 1.31 bits per heavy atom. The van der Waals surface area contributed by atoms with E-state index in [0.717, 1.165) is 0 Å². The Morgan fingerprint density at radius 3 is 1.83 bits per heavy atom. The minimum atomic E-state index is -2.08. The van der Waals surface area contributed by atoms with Crippen molar-refractivity contribution in [2.24, 2.45) is 11.3 Å². The first kappa shape index (κ1) is 25.6. The number of esters is 2. The molecule has 7 heteroatoms. The van der Waals surface area contributed by atoms with E-state index >= 15 is 0 Å². The number of hydrogen-bond donors (Lipinski definition) is 0. The number of Topliss-reactive ketones (excluding diaryl/α,β-unsaturated/α-hetero) is 1. The molecule has 1 saturated heterocycles. The lowest BCUT2D eigenvalue weighted by Gasteiger charge is -2.33. The fourth-order valence-electron chi connectivity index (χ4n) is 4.81. The van der Waals surface area contributed by atoms with Gasteiger partial charge in [0.15, 0.2) is 5.78 Å². The van der Waals surface area contributed by atoms with Gasteiger partial charge >= 0.3 is 11.9 Å². The van der Waals surface area contributed by atoms with Crippen LogP contribution in [0.3, 0.4) is 0 Å². The maximum absolute atomic E-state index is 14.2. The largest absolute Gasteiger partial charge is 0.465 e. The molecule has 0 amide bonds. The first-order chi connectivity index (χ1) is 17.4. The van der Waals surface area contributed by atoms with Gasteiger partial charge in [-0.1, -0.05) is 84.4 Å². The zero-order chi connectivity index (χ0) is 25.7. The molecule has 1 fully saturated rings. The number of halogens is 1. The van der Waals surface area contributed by atoms with Crippen molar-refractivity contribution in [1.82, 2.24) is 0 Å². The first-order valence-electron chi connectivity index (χ1n) is 11.8. The average Bonchev–Trinajstić information content (AvgIpc) is 3.27. The maximum Gasteiger partial charge on any atom is 0.327 e. The number of carbonyl (C=O) groups excluding carboxylic acids is 3. The molecule has 1 aliphatic heterocycles. The van der Waals surface area contributed by atoms with Crippen molar-refractivity contribution in [3.05, 3.63) is 107 Å². The van der Waals surface area contributed by atoms with E-state index in [0.29, 0.717) is 21.7 Å². The van der Waals surface area contributed by atoms with Crippen LogP contribution >= 0.6 is 11.6 Å². The van der Waals surface area contributed by atoms with E-state index in [1.165, 1.54) is 0 Å². The molecule has 0 spiro atoms. The molecule has 0 aromatic heterocycles. The number of carbonyl (C=O) groups is 3. The van der Waals surface area contributed by atoms with Crippen LogP contribution in [0.2, 0.25) is 5.02 Å². The lowest BCUT2D eigenvalue weighted by atomic mass is 9.66. The molecule has 1 heterocycles. The number of benzene rings is 3. The molecule has 3 aromatic rings. The topological polar surface area (TPSA) is 78.9 Å². The Morgan fingerprint density at radius 1 is 0.778 bits per heavy atom. The van der Waals surface area contributed by atoms with Gasteiger partial charge in [0.2, 0.25) is 5.41 Å². The summed E-state index contributed by atoms with van der Waals surface area (Å²) in [5.74, 6) is -3.40. The fraction of sp³-hybridized carbons (Fsp3) is 0.276. The Labute approximate surface area is 215 Å². The van der Waals surface area contributed by atoms with Crippen LogP contribution in [0.15, 0.2) is 84.9 Å². The van der Waals surface area contributed by atoms with Crippen LogP contribution in [0.25, 0.3) is 0 Å². The number of hydrogen-bond acceptors (Lipinski definition) is 6. The highest BCUT2D eigenvalue weighted by molar-refractivity contribution is 6.30. The first-order valence-corrected chi connectivity index (χ1v) is 12.2. The van der Waals surface area contributed by atoms with Crippen LogP contribution < -0.4 is 0 Å². The summed E-state index contributed by atoms with van der Waals surface area (Å²) < 4.78 is 17.5. The van der Waals surface area contributed by atoms with Gasteiger partial charge in [-0.3, -0.25) is 14.4 Å². The second kappa shape index (κ2) is 11.1. The Bertz CT molecular complexity index is 1190. The van der Waals surface area contributed by atoms with Gasteiger partial charge < -0.3 is 14.2 Å². The SMILES string of the molecule is CCOC(=O)C1(C(=O)OCC)[C@H](C(=O)c2ccccc2)[C@@H](c2ccc(Cl)cc2)O[C@H]1c1ccccc1. The smallest absolute Gasteiger partial charge is 0.327 e. The molecular weight excluding hydrogens is 480 g/mol. The van der Waals surface area contributed by atoms with E-state index in [9.17, 15) is 14.4 Å². The number of ether oxygens (including phenoxy) is 3. The third-order valence-electron chi connectivity index (χ3n) is 6.36. The summed E-state index contributed by atoms with van der Waals surface area (Å²) in [6.07, 6.45) is -2.08. The van der Waals surface area contributed by atoms with Crippen molar-refractivity contribution in [3.63, 3.8) is 0 Å². The van der Waals surface area contributed by atoms with E-state index in [1.807, 2.05) is 6.07 Å². The average molecular weight is 507 g/mol. The normalized spacial score (nSPS) is 20.5. The van der Waals surface area contributed by atoms with E-state index in [-0.39, 0.29) is 13.2 Å². The summed E-state index contributed by atoms with van der Waals surface area (Å²) in [5, 5.41) is 0.504. The van der Waals surface area contributed by atoms with Crippen molar-refractivity contribution < 1.29 is 28.6 Å². The standard InChI is InChI=1S/C29H27ClO6/c1-3-34-27(32)29(28(33)35-4-2)23(24(31)19-11-7-5-8-12-19)25(20-15-17-22(30)18-16-20)36-26(29)21-13-9-6-10-14-21/h5-18,23,25-26H,3-4H2,1-2H3/t23-,25-,26+/m1/s1. The minimum Gasteiger partial charge on any atom is -0.465 e. The van der Waals surface area contributed by atoms with Crippen LogP contribution in [0.1, 0.15) is 47.5 Å². The second-order valence-electron chi connectivity index (χ2n) is 8.42. The number of ketones is 1. The van der Waals surface area contributed by atoms with Gasteiger partial charge in [-0.05, 0) is 37.1 Å². The summed E-state index contributed by atoms with van der Waals surface area (Å²) in [7, 11) is 0. The third kappa shape index (κ3) is 4.54. The summed E-state index contributed by atoms with van der Waals surface area (Å²) in [5.41, 5.74) is -0.576. The molecular formula is C29H27ClO6. The Hall–Kier alpha value is -3.48. The van der Waals surface area contributed by atoms with Crippen LogP contribution in [0.5, 0.6) is 0 Å². The molecule has 0 radical (unpaired) electrons. The molecule has 0 saturated carbocycles. The highest BCUT2D eigenvalue weighted by Crippen LogP contribution is 2.59. The minimum absolute atomic E-state index is 0.0133. The maximum atomic E-state index is 14.2. The molecule has 0 unspecified atom stereocenters. The zero-order valence-electron chi connectivity index (χ0n) is 20.1. The van der Waals surface area contributed by atoms with Gasteiger partial charge in [0.25, 0.3) is 0 Å². The summed E-state index contributed by atoms with van der Waals surface area (Å²) in [6, 6.07) is 24.2. The predicted octanol–water partition coefficient (Wildman–Crippen LogP) is 5.76. The molecule has 3 aromatic carbocycles. The quantitative estimate of drug-likeness (QED) is 0.219. The molecule has 186 valence electrons. The van der Waals surface area contributed by atoms with Gasteiger partial charge in [0.05, 0.1) is 25.2 Å². The molecule has 0 aliphatic carbocycles. The van der Waals surface area contributed by atoms with E-state index in [1.54, 1.807) is 92.7 Å². The monoisotopic (exact) mass is 506 g/mol. The molecule has 3 atom stereocenters. The zero-order valence-corrected chi connectivity index (χ0v) is 20.8. The summed E-state index contributed by atoms with van der Waals surface area (Å²) >= 11 is 6.12. The van der Waals surface area contributed by atoms with E-state index < -0.39 is 41.3 Å². The molecule has 1 aliphatic rings.